The monoisotopic (exact) mass is 401 g/mol. The maximum Gasteiger partial charge on any atom is 0.312 e. The number of ether oxygens (including phenoxy) is 1. The molecule has 152 valence electrons. The first kappa shape index (κ1) is 19.8. The van der Waals surface area contributed by atoms with Crippen LogP contribution in [0, 0.1) is 10.1 Å². The summed E-state index contributed by atoms with van der Waals surface area (Å²) in [6, 6.07) is 20.8. The van der Waals surface area contributed by atoms with Crippen molar-refractivity contribution in [2.75, 3.05) is 0 Å². The van der Waals surface area contributed by atoms with Gasteiger partial charge in [0.15, 0.2) is 5.78 Å². The van der Waals surface area contributed by atoms with Crippen LogP contribution in [-0.2, 0) is 0 Å². The lowest BCUT2D eigenvalue weighted by Crippen LogP contribution is -2.04. The second kappa shape index (κ2) is 8.91. The highest BCUT2D eigenvalue weighted by Gasteiger charge is 2.21. The van der Waals surface area contributed by atoms with Crippen molar-refractivity contribution in [3.63, 3.8) is 0 Å². The average molecular weight is 401 g/mol. The Labute approximate surface area is 175 Å². The largest absolute Gasteiger partial charge is 0.450 e. The van der Waals surface area contributed by atoms with Crippen LogP contribution in [0.15, 0.2) is 72.8 Å². The molecule has 0 heterocycles. The van der Waals surface area contributed by atoms with E-state index in [0.29, 0.717) is 17.2 Å². The van der Waals surface area contributed by atoms with Crippen molar-refractivity contribution in [2.45, 2.75) is 38.0 Å². The van der Waals surface area contributed by atoms with Crippen molar-refractivity contribution < 1.29 is 14.5 Å². The maximum atomic E-state index is 12.6. The average Bonchev–Trinajstić information content (AvgIpc) is 2.80. The number of rotatable bonds is 6. The SMILES string of the molecule is O=C(c1ccccc1)c1ccc(Oc2ccc(C3CCCCC3)cc2)c([N+](=O)[O-])c1. The number of nitro benzene ring substituents is 1. The second-order valence-electron chi connectivity index (χ2n) is 7.64. The Morgan fingerprint density at radius 1 is 0.867 bits per heavy atom. The molecule has 0 N–H and O–H groups in total. The van der Waals surface area contributed by atoms with Gasteiger partial charge in [-0.25, -0.2) is 0 Å². The van der Waals surface area contributed by atoms with E-state index in [4.69, 9.17) is 4.74 Å². The Morgan fingerprint density at radius 2 is 1.57 bits per heavy atom. The number of ketones is 1. The van der Waals surface area contributed by atoms with E-state index < -0.39 is 4.92 Å². The molecule has 1 aliphatic rings. The Bertz CT molecular complexity index is 1040. The summed E-state index contributed by atoms with van der Waals surface area (Å²) in [6.07, 6.45) is 6.27. The van der Waals surface area contributed by atoms with Crippen LogP contribution in [0.5, 0.6) is 11.5 Å². The first-order valence-electron chi connectivity index (χ1n) is 10.3. The number of carbonyl (C=O) groups excluding carboxylic acids is 1. The van der Waals surface area contributed by atoms with E-state index in [2.05, 4.69) is 0 Å². The fourth-order valence-electron chi connectivity index (χ4n) is 4.01. The van der Waals surface area contributed by atoms with Crippen LogP contribution in [0.1, 0.15) is 59.5 Å². The molecule has 5 nitrogen and oxygen atoms in total. The van der Waals surface area contributed by atoms with Crippen LogP contribution in [0.4, 0.5) is 5.69 Å². The fraction of sp³-hybridized carbons (Fsp3) is 0.240. The highest BCUT2D eigenvalue weighted by atomic mass is 16.6. The second-order valence-corrected chi connectivity index (χ2v) is 7.64. The lowest BCUT2D eigenvalue weighted by molar-refractivity contribution is -0.385. The predicted octanol–water partition coefficient (Wildman–Crippen LogP) is 6.67. The maximum absolute atomic E-state index is 12.6. The van der Waals surface area contributed by atoms with Crippen molar-refractivity contribution in [3.8, 4) is 11.5 Å². The van der Waals surface area contributed by atoms with Gasteiger partial charge in [-0.1, -0.05) is 61.7 Å². The Balaban J connectivity index is 1.55. The summed E-state index contributed by atoms with van der Waals surface area (Å²) < 4.78 is 5.80. The number of nitro groups is 1. The Morgan fingerprint density at radius 3 is 2.23 bits per heavy atom. The van der Waals surface area contributed by atoms with Gasteiger partial charge in [-0.2, -0.15) is 0 Å². The summed E-state index contributed by atoms with van der Waals surface area (Å²) in [5.74, 6) is 0.988. The first-order valence-corrected chi connectivity index (χ1v) is 10.3. The van der Waals surface area contributed by atoms with Crippen LogP contribution in [-0.4, -0.2) is 10.7 Å². The molecule has 0 radical (unpaired) electrons. The zero-order valence-electron chi connectivity index (χ0n) is 16.6. The van der Waals surface area contributed by atoms with E-state index in [1.54, 1.807) is 30.3 Å². The molecule has 0 saturated heterocycles. The van der Waals surface area contributed by atoms with Gasteiger partial charge in [-0.05, 0) is 48.6 Å². The van der Waals surface area contributed by atoms with Crippen molar-refractivity contribution in [1.29, 1.82) is 0 Å². The molecule has 1 saturated carbocycles. The highest BCUT2D eigenvalue weighted by Crippen LogP contribution is 2.36. The van der Waals surface area contributed by atoms with Gasteiger partial charge in [0.2, 0.25) is 5.75 Å². The van der Waals surface area contributed by atoms with Crippen LogP contribution < -0.4 is 4.74 Å². The number of hydrogen-bond donors (Lipinski definition) is 0. The van der Waals surface area contributed by atoms with Crippen molar-refractivity contribution in [2.24, 2.45) is 0 Å². The summed E-state index contributed by atoms with van der Waals surface area (Å²) in [4.78, 5) is 23.7. The zero-order chi connectivity index (χ0) is 20.9. The van der Waals surface area contributed by atoms with Gasteiger partial charge in [0.05, 0.1) is 4.92 Å². The molecule has 3 aromatic rings. The topological polar surface area (TPSA) is 69.4 Å². The molecule has 0 amide bonds. The third-order valence-electron chi connectivity index (χ3n) is 5.64. The van der Waals surface area contributed by atoms with E-state index in [1.807, 2.05) is 30.3 Å². The number of hydrogen-bond acceptors (Lipinski definition) is 4. The van der Waals surface area contributed by atoms with E-state index in [-0.39, 0.29) is 22.8 Å². The van der Waals surface area contributed by atoms with Gasteiger partial charge >= 0.3 is 5.69 Å². The summed E-state index contributed by atoms with van der Waals surface area (Å²) in [6.45, 7) is 0. The Hall–Kier alpha value is -3.47. The molecule has 30 heavy (non-hydrogen) atoms. The van der Waals surface area contributed by atoms with E-state index >= 15 is 0 Å². The van der Waals surface area contributed by atoms with E-state index in [1.165, 1.54) is 49.8 Å². The number of benzene rings is 3. The van der Waals surface area contributed by atoms with Crippen molar-refractivity contribution in [3.05, 3.63) is 99.6 Å². The predicted molar refractivity (Wildman–Crippen MR) is 115 cm³/mol. The highest BCUT2D eigenvalue weighted by molar-refractivity contribution is 6.09. The molecule has 0 spiro atoms. The Kier molecular flexibility index (Phi) is 5.89. The summed E-state index contributed by atoms with van der Waals surface area (Å²) in [5.41, 5.74) is 1.81. The van der Waals surface area contributed by atoms with Gasteiger partial charge in [0, 0.05) is 17.2 Å². The third kappa shape index (κ3) is 4.40. The summed E-state index contributed by atoms with van der Waals surface area (Å²) in [5, 5.41) is 11.6. The molecule has 0 aliphatic heterocycles. The van der Waals surface area contributed by atoms with E-state index in [9.17, 15) is 14.9 Å². The van der Waals surface area contributed by atoms with Crippen LogP contribution >= 0.6 is 0 Å². The van der Waals surface area contributed by atoms with Gasteiger partial charge in [0.1, 0.15) is 5.75 Å². The first-order chi connectivity index (χ1) is 14.6. The molecule has 0 aromatic heterocycles. The minimum Gasteiger partial charge on any atom is -0.450 e. The normalized spacial score (nSPS) is 14.3. The minimum atomic E-state index is -0.520. The summed E-state index contributed by atoms with van der Waals surface area (Å²) >= 11 is 0. The molecular formula is C25H23NO4. The van der Waals surface area contributed by atoms with Crippen LogP contribution in [0.3, 0.4) is 0 Å². The smallest absolute Gasteiger partial charge is 0.312 e. The van der Waals surface area contributed by atoms with E-state index in [0.717, 1.165) is 0 Å². The van der Waals surface area contributed by atoms with Crippen molar-refractivity contribution >= 4 is 11.5 Å². The van der Waals surface area contributed by atoms with Crippen LogP contribution in [0.2, 0.25) is 0 Å². The number of nitrogens with zero attached hydrogens (tertiary/aromatic N) is 1. The third-order valence-corrected chi connectivity index (χ3v) is 5.64. The standard InChI is InChI=1S/C25H23NO4/c27-25(20-9-5-2-6-10-20)21-13-16-24(23(17-21)26(28)29)30-22-14-11-19(12-15-22)18-7-3-1-4-8-18/h2,5-6,9-18H,1,3-4,7-8H2. The molecule has 0 unspecified atom stereocenters. The minimum absolute atomic E-state index is 0.120. The van der Waals surface area contributed by atoms with Crippen LogP contribution in [0.25, 0.3) is 0 Å². The molecule has 1 aliphatic carbocycles. The lowest BCUT2D eigenvalue weighted by Gasteiger charge is -2.22. The molecular weight excluding hydrogens is 378 g/mol. The van der Waals surface area contributed by atoms with Gasteiger partial charge in [-0.3, -0.25) is 14.9 Å². The molecule has 3 aromatic carbocycles. The fourth-order valence-corrected chi connectivity index (χ4v) is 4.01. The quantitative estimate of drug-likeness (QED) is 0.263. The number of carbonyl (C=O) groups is 1. The molecule has 5 heteroatoms. The molecule has 0 atom stereocenters. The van der Waals surface area contributed by atoms with Gasteiger partial charge < -0.3 is 4.74 Å². The molecule has 4 rings (SSSR count). The lowest BCUT2D eigenvalue weighted by atomic mass is 9.84. The van der Waals surface area contributed by atoms with Gasteiger partial charge in [0.25, 0.3) is 0 Å². The molecule has 1 fully saturated rings. The van der Waals surface area contributed by atoms with Gasteiger partial charge in [-0.15, -0.1) is 0 Å². The zero-order valence-corrected chi connectivity index (χ0v) is 16.6. The summed E-state index contributed by atoms with van der Waals surface area (Å²) in [7, 11) is 0. The molecule has 0 bridgehead atoms. The van der Waals surface area contributed by atoms with Crippen molar-refractivity contribution in [1.82, 2.24) is 0 Å².